The van der Waals surface area contributed by atoms with Crippen molar-refractivity contribution in [3.63, 3.8) is 0 Å². The first kappa shape index (κ1) is 12.4. The van der Waals surface area contributed by atoms with Gasteiger partial charge in [-0.05, 0) is 18.6 Å². The van der Waals surface area contributed by atoms with Gasteiger partial charge in [0.1, 0.15) is 10.0 Å². The third-order valence-corrected chi connectivity index (χ3v) is 5.22. The number of hydrogen-bond acceptors (Lipinski definition) is 4. The molecular formula is C9H10ClN3O2S2. The minimum absolute atomic E-state index is 0.180. The maximum atomic E-state index is 12.0. The molecule has 0 saturated carbocycles. The van der Waals surface area contributed by atoms with Gasteiger partial charge in [-0.1, -0.05) is 18.5 Å². The molecule has 0 atom stereocenters. The highest BCUT2D eigenvalue weighted by molar-refractivity contribution is 7.94. The summed E-state index contributed by atoms with van der Waals surface area (Å²) in [5.41, 5.74) is 0.816. The predicted molar refractivity (Wildman–Crippen MR) is 68.1 cm³/mol. The monoisotopic (exact) mass is 291 g/mol. The van der Waals surface area contributed by atoms with Gasteiger partial charge in [-0.15, -0.1) is 11.3 Å². The van der Waals surface area contributed by atoms with Crippen molar-refractivity contribution >= 4 is 38.8 Å². The maximum Gasteiger partial charge on any atom is 0.272 e. The summed E-state index contributed by atoms with van der Waals surface area (Å²) in [7, 11) is -3.58. The highest BCUT2D eigenvalue weighted by Gasteiger charge is 2.18. The summed E-state index contributed by atoms with van der Waals surface area (Å²) >= 11 is 6.72. The minimum Gasteiger partial charge on any atom is -0.263 e. The van der Waals surface area contributed by atoms with Crippen molar-refractivity contribution in [3.05, 3.63) is 28.2 Å². The zero-order valence-electron chi connectivity index (χ0n) is 8.90. The van der Waals surface area contributed by atoms with Crippen LogP contribution in [0.3, 0.4) is 0 Å². The Morgan fingerprint density at radius 1 is 1.53 bits per heavy atom. The fourth-order valence-corrected chi connectivity index (χ4v) is 3.83. The van der Waals surface area contributed by atoms with Crippen LogP contribution < -0.4 is 4.72 Å². The van der Waals surface area contributed by atoms with E-state index in [-0.39, 0.29) is 4.21 Å². The molecule has 0 amide bonds. The Morgan fingerprint density at radius 3 is 2.88 bits per heavy atom. The Morgan fingerprint density at radius 2 is 2.29 bits per heavy atom. The predicted octanol–water partition coefficient (Wildman–Crippen LogP) is 2.49. The molecule has 0 aliphatic heterocycles. The number of rotatable bonds is 4. The molecule has 2 aromatic rings. The maximum absolute atomic E-state index is 12.0. The van der Waals surface area contributed by atoms with Crippen LogP contribution >= 0.6 is 22.9 Å². The molecule has 0 aliphatic rings. The smallest absolute Gasteiger partial charge is 0.263 e. The lowest BCUT2D eigenvalue weighted by Gasteiger charge is -2.05. The molecule has 2 aromatic heterocycles. The molecule has 2 rings (SSSR count). The molecule has 0 spiro atoms. The van der Waals surface area contributed by atoms with E-state index in [0.29, 0.717) is 16.6 Å². The van der Waals surface area contributed by atoms with Crippen molar-refractivity contribution in [2.24, 2.45) is 0 Å². The first-order chi connectivity index (χ1) is 8.03. The van der Waals surface area contributed by atoms with Gasteiger partial charge in [-0.3, -0.25) is 9.82 Å². The van der Waals surface area contributed by atoms with Gasteiger partial charge in [0.2, 0.25) is 0 Å². The van der Waals surface area contributed by atoms with E-state index in [2.05, 4.69) is 14.9 Å². The molecule has 2 heterocycles. The van der Waals surface area contributed by atoms with Gasteiger partial charge >= 0.3 is 0 Å². The van der Waals surface area contributed by atoms with Crippen molar-refractivity contribution in [1.29, 1.82) is 0 Å². The number of halogens is 1. The van der Waals surface area contributed by atoms with E-state index < -0.39 is 10.0 Å². The second-order valence-corrected chi connectivity index (χ2v) is 6.91. The first-order valence-electron chi connectivity index (χ1n) is 4.83. The Hall–Kier alpha value is -1.05. The molecule has 0 unspecified atom stereocenters. The number of nitrogens with zero attached hydrogens (tertiary/aromatic N) is 1. The standard InChI is InChI=1S/C9H10ClN3O2S2/c1-2-6-5-11-12-9(6)13-17(14,15)8-4-3-7(10)16-8/h3-5H,2H2,1H3,(H2,11,12,13). The van der Waals surface area contributed by atoms with Crippen LogP contribution in [0.15, 0.2) is 22.5 Å². The quantitative estimate of drug-likeness (QED) is 0.909. The van der Waals surface area contributed by atoms with Gasteiger partial charge < -0.3 is 0 Å². The van der Waals surface area contributed by atoms with Crippen LogP contribution in [0.25, 0.3) is 0 Å². The summed E-state index contributed by atoms with van der Waals surface area (Å²) in [5.74, 6) is 0.400. The number of thiophene rings is 1. The molecule has 0 aliphatic carbocycles. The molecule has 2 N–H and O–H groups in total. The van der Waals surface area contributed by atoms with E-state index in [1.54, 1.807) is 12.3 Å². The average Bonchev–Trinajstić information content (AvgIpc) is 2.86. The van der Waals surface area contributed by atoms with E-state index in [4.69, 9.17) is 11.6 Å². The molecule has 0 aromatic carbocycles. The summed E-state index contributed by atoms with van der Waals surface area (Å²) in [4.78, 5) is 0. The summed E-state index contributed by atoms with van der Waals surface area (Å²) in [6.07, 6.45) is 2.29. The summed E-state index contributed by atoms with van der Waals surface area (Å²) in [5, 5.41) is 6.42. The van der Waals surface area contributed by atoms with Gasteiger partial charge in [0.05, 0.1) is 10.5 Å². The van der Waals surface area contributed by atoms with Crippen LogP contribution in [0.2, 0.25) is 4.34 Å². The average molecular weight is 292 g/mol. The van der Waals surface area contributed by atoms with E-state index in [9.17, 15) is 8.42 Å². The molecular weight excluding hydrogens is 282 g/mol. The largest absolute Gasteiger partial charge is 0.272 e. The molecule has 0 fully saturated rings. The second kappa shape index (κ2) is 4.67. The van der Waals surface area contributed by atoms with Crippen molar-refractivity contribution in [2.75, 3.05) is 4.72 Å². The van der Waals surface area contributed by atoms with E-state index in [0.717, 1.165) is 16.9 Å². The van der Waals surface area contributed by atoms with Crippen LogP contribution in [0.1, 0.15) is 12.5 Å². The molecule has 17 heavy (non-hydrogen) atoms. The fourth-order valence-electron chi connectivity index (χ4n) is 1.29. The lowest BCUT2D eigenvalue weighted by Crippen LogP contribution is -2.12. The van der Waals surface area contributed by atoms with Crippen molar-refractivity contribution in [1.82, 2.24) is 10.2 Å². The summed E-state index contributed by atoms with van der Waals surface area (Å²) in [6, 6.07) is 3.02. The molecule has 0 bridgehead atoms. The molecule has 0 radical (unpaired) electrons. The van der Waals surface area contributed by atoms with Crippen LogP contribution in [0, 0.1) is 0 Å². The normalized spacial score (nSPS) is 11.6. The molecule has 0 saturated heterocycles. The minimum atomic E-state index is -3.58. The van der Waals surface area contributed by atoms with E-state index >= 15 is 0 Å². The number of anilines is 1. The molecule has 5 nitrogen and oxygen atoms in total. The zero-order chi connectivity index (χ0) is 12.5. The van der Waals surface area contributed by atoms with Crippen LogP contribution in [0.5, 0.6) is 0 Å². The second-order valence-electron chi connectivity index (χ2n) is 3.29. The number of H-pyrrole nitrogens is 1. The Balaban J connectivity index is 2.29. The lowest BCUT2D eigenvalue weighted by atomic mass is 10.3. The Labute approximate surface area is 108 Å². The third kappa shape index (κ3) is 2.62. The van der Waals surface area contributed by atoms with Gasteiger partial charge in [-0.2, -0.15) is 5.10 Å². The number of aryl methyl sites for hydroxylation is 1. The van der Waals surface area contributed by atoms with Crippen LogP contribution in [0.4, 0.5) is 5.82 Å². The highest BCUT2D eigenvalue weighted by atomic mass is 35.5. The number of aromatic amines is 1. The van der Waals surface area contributed by atoms with Crippen molar-refractivity contribution in [3.8, 4) is 0 Å². The Bertz CT molecular complexity index is 618. The van der Waals surface area contributed by atoms with E-state index in [1.165, 1.54) is 6.07 Å². The molecule has 8 heteroatoms. The highest BCUT2D eigenvalue weighted by Crippen LogP contribution is 2.27. The van der Waals surface area contributed by atoms with Crippen LogP contribution in [-0.2, 0) is 16.4 Å². The third-order valence-electron chi connectivity index (χ3n) is 2.15. The Kier molecular flexibility index (Phi) is 3.41. The van der Waals surface area contributed by atoms with Crippen molar-refractivity contribution in [2.45, 2.75) is 17.6 Å². The zero-order valence-corrected chi connectivity index (χ0v) is 11.3. The number of hydrogen-bond donors (Lipinski definition) is 2. The van der Waals surface area contributed by atoms with Crippen molar-refractivity contribution < 1.29 is 8.42 Å². The van der Waals surface area contributed by atoms with E-state index in [1.807, 2.05) is 6.92 Å². The fraction of sp³-hybridized carbons (Fsp3) is 0.222. The number of nitrogens with one attached hydrogen (secondary N) is 2. The number of sulfonamides is 1. The first-order valence-corrected chi connectivity index (χ1v) is 7.51. The summed E-state index contributed by atoms with van der Waals surface area (Å²) < 4.78 is 27.0. The SMILES string of the molecule is CCc1cn[nH]c1NS(=O)(=O)c1ccc(Cl)s1. The lowest BCUT2D eigenvalue weighted by molar-refractivity contribution is 0.603. The van der Waals surface area contributed by atoms with Crippen LogP contribution in [-0.4, -0.2) is 18.6 Å². The topological polar surface area (TPSA) is 74.8 Å². The molecule has 92 valence electrons. The van der Waals surface area contributed by atoms with Gasteiger partial charge in [0, 0.05) is 5.56 Å². The van der Waals surface area contributed by atoms with Gasteiger partial charge in [-0.25, -0.2) is 8.42 Å². The van der Waals surface area contributed by atoms with Gasteiger partial charge in [0.25, 0.3) is 10.0 Å². The summed E-state index contributed by atoms with van der Waals surface area (Å²) in [6.45, 7) is 1.92. The van der Waals surface area contributed by atoms with Gasteiger partial charge in [0.15, 0.2) is 0 Å². The number of aromatic nitrogens is 2.